The van der Waals surface area contributed by atoms with Gasteiger partial charge in [-0.15, -0.1) is 0 Å². The van der Waals surface area contributed by atoms with Crippen LogP contribution in [-0.2, 0) is 17.8 Å². The van der Waals surface area contributed by atoms with Crippen LogP contribution >= 0.6 is 0 Å². The summed E-state index contributed by atoms with van der Waals surface area (Å²) in [7, 11) is 1.72. The monoisotopic (exact) mass is 250 g/mol. The van der Waals surface area contributed by atoms with Crippen molar-refractivity contribution in [2.75, 3.05) is 25.2 Å². The van der Waals surface area contributed by atoms with Gasteiger partial charge in [-0.25, -0.2) is 4.98 Å². The van der Waals surface area contributed by atoms with Gasteiger partial charge >= 0.3 is 0 Å². The summed E-state index contributed by atoms with van der Waals surface area (Å²) in [5.74, 6) is 0.984. The average Bonchev–Trinajstić information content (AvgIpc) is 3.23. The largest absolute Gasteiger partial charge is 0.392 e. The molecule has 1 saturated carbocycles. The summed E-state index contributed by atoms with van der Waals surface area (Å²) in [4.78, 5) is 6.98. The molecule has 1 aliphatic carbocycles. The van der Waals surface area contributed by atoms with Crippen LogP contribution < -0.4 is 4.90 Å². The highest BCUT2D eigenvalue weighted by Gasteiger charge is 2.30. The molecule has 0 unspecified atom stereocenters. The molecule has 2 rings (SSSR count). The first-order valence-corrected chi connectivity index (χ1v) is 6.64. The number of methoxy groups -OCH3 is 1. The fraction of sp³-hybridized carbons (Fsp3) is 0.643. The molecule has 100 valence electrons. The van der Waals surface area contributed by atoms with Crippen molar-refractivity contribution in [2.45, 2.75) is 38.8 Å². The predicted molar refractivity (Wildman–Crippen MR) is 71.8 cm³/mol. The number of aryl methyl sites for hydroxylation is 1. The van der Waals surface area contributed by atoms with Crippen LogP contribution in [0.4, 0.5) is 5.82 Å². The van der Waals surface area contributed by atoms with E-state index in [1.165, 1.54) is 12.8 Å². The van der Waals surface area contributed by atoms with E-state index in [9.17, 15) is 5.11 Å². The van der Waals surface area contributed by atoms with Crippen LogP contribution in [0.5, 0.6) is 0 Å². The molecule has 0 aliphatic heterocycles. The lowest BCUT2D eigenvalue weighted by Crippen LogP contribution is -2.30. The zero-order chi connectivity index (χ0) is 13.0. The van der Waals surface area contributed by atoms with Gasteiger partial charge in [0.05, 0.1) is 13.2 Å². The standard InChI is InChI=1S/C14H22N2O2/c1-3-12-8-11(10-17)9-14(15-12)16(6-7-18-2)13-4-5-13/h8-9,13,17H,3-7,10H2,1-2H3. The number of aliphatic hydroxyl groups is 1. The van der Waals surface area contributed by atoms with Crippen LogP contribution in [0, 0.1) is 0 Å². The molecule has 0 radical (unpaired) electrons. The van der Waals surface area contributed by atoms with E-state index in [1.807, 2.05) is 12.1 Å². The van der Waals surface area contributed by atoms with Crippen molar-refractivity contribution in [1.82, 2.24) is 4.98 Å². The summed E-state index contributed by atoms with van der Waals surface area (Å²) in [6, 6.07) is 4.57. The Kier molecular flexibility index (Phi) is 4.55. The quantitative estimate of drug-likeness (QED) is 0.801. The maximum absolute atomic E-state index is 9.32. The first kappa shape index (κ1) is 13.3. The number of aliphatic hydroxyl groups excluding tert-OH is 1. The van der Waals surface area contributed by atoms with Crippen LogP contribution in [0.3, 0.4) is 0 Å². The Balaban J connectivity index is 2.22. The normalized spacial score (nSPS) is 14.8. The van der Waals surface area contributed by atoms with Crippen LogP contribution in [0.1, 0.15) is 31.0 Å². The van der Waals surface area contributed by atoms with Gasteiger partial charge in [0, 0.05) is 25.4 Å². The molecule has 0 spiro atoms. The SMILES string of the molecule is CCc1cc(CO)cc(N(CCOC)C2CC2)n1. The number of nitrogens with zero attached hydrogens (tertiary/aromatic N) is 2. The summed E-state index contributed by atoms with van der Waals surface area (Å²) in [6.07, 6.45) is 3.36. The van der Waals surface area contributed by atoms with Crippen molar-refractivity contribution >= 4 is 5.82 Å². The predicted octanol–water partition coefficient (Wildman–Crippen LogP) is 1.75. The number of rotatable bonds is 7. The first-order valence-electron chi connectivity index (χ1n) is 6.64. The third-order valence-electron chi connectivity index (χ3n) is 3.29. The van der Waals surface area contributed by atoms with Crippen molar-refractivity contribution in [3.8, 4) is 0 Å². The Morgan fingerprint density at radius 3 is 2.78 bits per heavy atom. The van der Waals surface area contributed by atoms with Gasteiger partial charge in [-0.2, -0.15) is 0 Å². The fourth-order valence-corrected chi connectivity index (χ4v) is 2.11. The Hall–Kier alpha value is -1.13. The van der Waals surface area contributed by atoms with E-state index in [-0.39, 0.29) is 6.61 Å². The molecule has 1 aromatic heterocycles. The third kappa shape index (κ3) is 3.21. The van der Waals surface area contributed by atoms with E-state index < -0.39 is 0 Å². The van der Waals surface area contributed by atoms with Gasteiger partial charge in [-0.3, -0.25) is 0 Å². The molecule has 0 saturated heterocycles. The molecule has 18 heavy (non-hydrogen) atoms. The number of hydrogen-bond acceptors (Lipinski definition) is 4. The molecule has 0 amide bonds. The molecular formula is C14H22N2O2. The lowest BCUT2D eigenvalue weighted by Gasteiger charge is -2.24. The maximum Gasteiger partial charge on any atom is 0.129 e. The van der Waals surface area contributed by atoms with Gasteiger partial charge in [0.25, 0.3) is 0 Å². The second kappa shape index (κ2) is 6.16. The summed E-state index contributed by atoms with van der Waals surface area (Å²) in [5.41, 5.74) is 1.99. The fourth-order valence-electron chi connectivity index (χ4n) is 2.11. The molecule has 1 aromatic rings. The van der Waals surface area contributed by atoms with Gasteiger partial charge in [0.15, 0.2) is 0 Å². The minimum absolute atomic E-state index is 0.0747. The van der Waals surface area contributed by atoms with Crippen molar-refractivity contribution in [2.24, 2.45) is 0 Å². The molecular weight excluding hydrogens is 228 g/mol. The maximum atomic E-state index is 9.32. The topological polar surface area (TPSA) is 45.6 Å². The average molecular weight is 250 g/mol. The number of hydrogen-bond donors (Lipinski definition) is 1. The van der Waals surface area contributed by atoms with E-state index in [2.05, 4.69) is 16.8 Å². The minimum Gasteiger partial charge on any atom is -0.392 e. The first-order chi connectivity index (χ1) is 8.78. The Morgan fingerprint density at radius 1 is 1.44 bits per heavy atom. The smallest absolute Gasteiger partial charge is 0.129 e. The van der Waals surface area contributed by atoms with Crippen LogP contribution in [0.15, 0.2) is 12.1 Å². The van der Waals surface area contributed by atoms with Crippen LogP contribution in [0.2, 0.25) is 0 Å². The minimum atomic E-state index is 0.0747. The second-order valence-corrected chi connectivity index (χ2v) is 4.75. The zero-order valence-corrected chi connectivity index (χ0v) is 11.2. The van der Waals surface area contributed by atoms with Gasteiger partial charge < -0.3 is 14.7 Å². The van der Waals surface area contributed by atoms with E-state index in [4.69, 9.17) is 4.74 Å². The number of pyridine rings is 1. The van der Waals surface area contributed by atoms with E-state index in [0.717, 1.165) is 30.0 Å². The summed E-state index contributed by atoms with van der Waals surface area (Å²) < 4.78 is 5.17. The van der Waals surface area contributed by atoms with Gasteiger partial charge in [0.1, 0.15) is 5.82 Å². The van der Waals surface area contributed by atoms with Gasteiger partial charge in [-0.05, 0) is 37.0 Å². The second-order valence-electron chi connectivity index (χ2n) is 4.75. The molecule has 0 aromatic carbocycles. The number of aromatic nitrogens is 1. The molecule has 0 atom stereocenters. The highest BCUT2D eigenvalue weighted by atomic mass is 16.5. The van der Waals surface area contributed by atoms with Crippen molar-refractivity contribution in [3.05, 3.63) is 23.4 Å². The zero-order valence-electron chi connectivity index (χ0n) is 11.2. The molecule has 1 N–H and O–H groups in total. The van der Waals surface area contributed by atoms with Gasteiger partial charge in [0.2, 0.25) is 0 Å². The lowest BCUT2D eigenvalue weighted by molar-refractivity contribution is 0.204. The van der Waals surface area contributed by atoms with Crippen LogP contribution in [0.25, 0.3) is 0 Å². The molecule has 1 fully saturated rings. The van der Waals surface area contributed by atoms with E-state index in [0.29, 0.717) is 12.6 Å². The van der Waals surface area contributed by atoms with E-state index in [1.54, 1.807) is 7.11 Å². The van der Waals surface area contributed by atoms with Crippen LogP contribution in [-0.4, -0.2) is 36.4 Å². The van der Waals surface area contributed by atoms with Gasteiger partial charge in [-0.1, -0.05) is 6.92 Å². The third-order valence-corrected chi connectivity index (χ3v) is 3.29. The molecule has 0 bridgehead atoms. The van der Waals surface area contributed by atoms with E-state index >= 15 is 0 Å². The molecule has 1 heterocycles. The molecule has 4 nitrogen and oxygen atoms in total. The van der Waals surface area contributed by atoms with Crippen molar-refractivity contribution in [1.29, 1.82) is 0 Å². The Bertz CT molecular complexity index is 369. The number of ether oxygens (including phenoxy) is 1. The highest BCUT2D eigenvalue weighted by molar-refractivity contribution is 5.45. The summed E-state index contributed by atoms with van der Waals surface area (Å²) >= 11 is 0. The molecule has 1 aliphatic rings. The Morgan fingerprint density at radius 2 is 2.22 bits per heavy atom. The molecule has 4 heteroatoms. The lowest BCUT2D eigenvalue weighted by atomic mass is 10.2. The van der Waals surface area contributed by atoms with Crippen molar-refractivity contribution in [3.63, 3.8) is 0 Å². The Labute approximate surface area is 109 Å². The number of anilines is 1. The van der Waals surface area contributed by atoms with Crippen molar-refractivity contribution < 1.29 is 9.84 Å². The summed E-state index contributed by atoms with van der Waals surface area (Å²) in [6.45, 7) is 3.74. The highest BCUT2D eigenvalue weighted by Crippen LogP contribution is 2.31. The summed E-state index contributed by atoms with van der Waals surface area (Å²) in [5, 5.41) is 9.32.